The molecule has 0 bridgehead atoms. The van der Waals surface area contributed by atoms with Gasteiger partial charge in [-0.2, -0.15) is 0 Å². The predicted molar refractivity (Wildman–Crippen MR) is 86.4 cm³/mol. The van der Waals surface area contributed by atoms with Gasteiger partial charge in [0, 0.05) is 19.3 Å². The normalized spacial score (nSPS) is 17.5. The van der Waals surface area contributed by atoms with Crippen LogP contribution in [0.15, 0.2) is 36.5 Å². The van der Waals surface area contributed by atoms with Gasteiger partial charge in [0.15, 0.2) is 0 Å². The summed E-state index contributed by atoms with van der Waals surface area (Å²) < 4.78 is 13.6. The molecule has 0 amide bonds. The Bertz CT molecular complexity index is 733. The van der Waals surface area contributed by atoms with E-state index in [4.69, 9.17) is 5.11 Å². The van der Waals surface area contributed by atoms with Gasteiger partial charge in [-0.3, -0.25) is 0 Å². The number of hydrogen-bond acceptors (Lipinski definition) is 3. The Morgan fingerprint density at radius 2 is 2.22 bits per heavy atom. The summed E-state index contributed by atoms with van der Waals surface area (Å²) in [5.41, 5.74) is 1.92. The first-order valence-corrected chi connectivity index (χ1v) is 7.72. The molecule has 23 heavy (non-hydrogen) atoms. The van der Waals surface area contributed by atoms with Crippen molar-refractivity contribution in [1.29, 1.82) is 0 Å². The van der Waals surface area contributed by atoms with Crippen molar-refractivity contribution >= 4 is 11.8 Å². The molecule has 2 heterocycles. The van der Waals surface area contributed by atoms with Gasteiger partial charge in [0.1, 0.15) is 11.6 Å². The van der Waals surface area contributed by atoms with E-state index in [1.807, 2.05) is 12.1 Å². The molecule has 0 spiro atoms. The summed E-state index contributed by atoms with van der Waals surface area (Å²) in [6, 6.07) is 8.51. The summed E-state index contributed by atoms with van der Waals surface area (Å²) in [6.45, 7) is 3.41. The summed E-state index contributed by atoms with van der Waals surface area (Å²) in [5, 5.41) is 9.07. The third kappa shape index (κ3) is 3.50. The number of hydrogen-bond donors (Lipinski definition) is 1. The first-order chi connectivity index (χ1) is 11.0. The van der Waals surface area contributed by atoms with Crippen LogP contribution in [-0.2, 0) is 6.42 Å². The lowest BCUT2D eigenvalue weighted by Gasteiger charge is -2.18. The van der Waals surface area contributed by atoms with E-state index in [0.717, 1.165) is 31.5 Å². The maximum atomic E-state index is 13.6. The Kier molecular flexibility index (Phi) is 4.28. The quantitative estimate of drug-likeness (QED) is 0.941. The van der Waals surface area contributed by atoms with Gasteiger partial charge in [-0.15, -0.1) is 0 Å². The molecule has 0 saturated carbocycles. The van der Waals surface area contributed by atoms with E-state index in [-0.39, 0.29) is 11.4 Å². The topological polar surface area (TPSA) is 53.4 Å². The average Bonchev–Trinajstić information content (AvgIpc) is 2.99. The molecule has 1 unspecified atom stereocenters. The lowest BCUT2D eigenvalue weighted by atomic mass is 9.98. The fourth-order valence-corrected chi connectivity index (χ4v) is 3.03. The highest BCUT2D eigenvalue weighted by Gasteiger charge is 2.24. The number of nitrogens with zero attached hydrogens (tertiary/aromatic N) is 2. The maximum Gasteiger partial charge on any atom is 0.335 e. The molecule has 1 aliphatic rings. The number of aryl methyl sites for hydroxylation is 1. The zero-order valence-corrected chi connectivity index (χ0v) is 13.0. The lowest BCUT2D eigenvalue weighted by Crippen LogP contribution is -2.21. The number of carbonyl (C=O) groups is 1. The van der Waals surface area contributed by atoms with Crippen molar-refractivity contribution in [2.75, 3.05) is 18.0 Å². The molecule has 4 nitrogen and oxygen atoms in total. The molecule has 1 N–H and O–H groups in total. The van der Waals surface area contributed by atoms with Crippen molar-refractivity contribution in [3.63, 3.8) is 0 Å². The van der Waals surface area contributed by atoms with Gasteiger partial charge in [0.25, 0.3) is 0 Å². The summed E-state index contributed by atoms with van der Waals surface area (Å²) in [5.74, 6) is 0.0163. The van der Waals surface area contributed by atoms with Crippen LogP contribution in [0.25, 0.3) is 0 Å². The number of aromatic carboxylic acids is 1. The Morgan fingerprint density at radius 3 is 2.96 bits per heavy atom. The van der Waals surface area contributed by atoms with Crippen LogP contribution in [0.4, 0.5) is 10.2 Å². The fourth-order valence-electron chi connectivity index (χ4n) is 3.03. The van der Waals surface area contributed by atoms with Crippen LogP contribution in [0.2, 0.25) is 0 Å². The van der Waals surface area contributed by atoms with E-state index in [1.165, 1.54) is 12.3 Å². The number of carboxylic acid groups (broad SMARTS) is 1. The van der Waals surface area contributed by atoms with Gasteiger partial charge in [-0.1, -0.05) is 12.1 Å². The first kappa shape index (κ1) is 15.5. The maximum absolute atomic E-state index is 13.6. The number of carboxylic acids is 1. The largest absolute Gasteiger partial charge is 0.478 e. The van der Waals surface area contributed by atoms with Gasteiger partial charge in [-0.05, 0) is 55.0 Å². The van der Waals surface area contributed by atoms with Crippen molar-refractivity contribution in [3.8, 4) is 0 Å². The second-order valence-electron chi connectivity index (χ2n) is 6.10. The number of aromatic nitrogens is 1. The van der Waals surface area contributed by atoms with Crippen LogP contribution in [0.1, 0.15) is 27.9 Å². The molecule has 1 aromatic heterocycles. The molecule has 1 aromatic carbocycles. The van der Waals surface area contributed by atoms with E-state index < -0.39 is 5.97 Å². The molecule has 5 heteroatoms. The van der Waals surface area contributed by atoms with Crippen LogP contribution in [0, 0.1) is 18.7 Å². The van der Waals surface area contributed by atoms with Crippen LogP contribution in [-0.4, -0.2) is 29.1 Å². The minimum Gasteiger partial charge on any atom is -0.478 e. The predicted octanol–water partition coefficient (Wildman–Crippen LogP) is 3.30. The van der Waals surface area contributed by atoms with Crippen LogP contribution in [0.3, 0.4) is 0 Å². The molecule has 0 radical (unpaired) electrons. The summed E-state index contributed by atoms with van der Waals surface area (Å²) >= 11 is 0. The minimum absolute atomic E-state index is 0.159. The Balaban J connectivity index is 1.67. The number of rotatable bonds is 4. The van der Waals surface area contributed by atoms with Gasteiger partial charge in [0.2, 0.25) is 0 Å². The van der Waals surface area contributed by atoms with E-state index in [9.17, 15) is 9.18 Å². The number of pyridine rings is 1. The number of halogens is 1. The Hall–Kier alpha value is -2.43. The highest BCUT2D eigenvalue weighted by Crippen LogP contribution is 2.26. The molecule has 0 aliphatic carbocycles. The van der Waals surface area contributed by atoms with E-state index in [1.54, 1.807) is 19.1 Å². The van der Waals surface area contributed by atoms with Crippen molar-refractivity contribution in [2.24, 2.45) is 5.92 Å². The van der Waals surface area contributed by atoms with Crippen molar-refractivity contribution in [2.45, 2.75) is 19.8 Å². The lowest BCUT2D eigenvalue weighted by molar-refractivity contribution is 0.0697. The minimum atomic E-state index is -0.945. The molecule has 1 fully saturated rings. The van der Waals surface area contributed by atoms with Gasteiger partial charge in [-0.25, -0.2) is 14.2 Å². The van der Waals surface area contributed by atoms with E-state index >= 15 is 0 Å². The Labute approximate surface area is 134 Å². The fraction of sp³-hybridized carbons (Fsp3) is 0.333. The summed E-state index contributed by atoms with van der Waals surface area (Å²) in [4.78, 5) is 17.4. The van der Waals surface area contributed by atoms with Gasteiger partial charge in [0.05, 0.1) is 5.56 Å². The average molecular weight is 314 g/mol. The van der Waals surface area contributed by atoms with Crippen LogP contribution >= 0.6 is 0 Å². The number of benzene rings is 1. The molecule has 120 valence electrons. The molecule has 1 atom stereocenters. The van der Waals surface area contributed by atoms with Crippen molar-refractivity contribution in [1.82, 2.24) is 4.98 Å². The zero-order valence-electron chi connectivity index (χ0n) is 13.0. The molecule has 2 aromatic rings. The summed E-state index contributed by atoms with van der Waals surface area (Å²) in [7, 11) is 0. The first-order valence-electron chi connectivity index (χ1n) is 7.72. The number of anilines is 1. The summed E-state index contributed by atoms with van der Waals surface area (Å²) in [6.07, 6.45) is 3.35. The smallest absolute Gasteiger partial charge is 0.335 e. The van der Waals surface area contributed by atoms with Gasteiger partial charge < -0.3 is 10.0 Å². The SMILES string of the molecule is Cc1ccc(CC2CCN(c3cc(C(=O)O)ccn3)C2)cc1F. The third-order valence-electron chi connectivity index (χ3n) is 4.36. The molecule has 1 aliphatic heterocycles. The van der Waals surface area contributed by atoms with Crippen molar-refractivity contribution < 1.29 is 14.3 Å². The zero-order chi connectivity index (χ0) is 16.4. The second-order valence-corrected chi connectivity index (χ2v) is 6.10. The van der Waals surface area contributed by atoms with Crippen molar-refractivity contribution in [3.05, 3.63) is 59.0 Å². The van der Waals surface area contributed by atoms with Gasteiger partial charge >= 0.3 is 5.97 Å². The van der Waals surface area contributed by atoms with Crippen LogP contribution < -0.4 is 4.90 Å². The van der Waals surface area contributed by atoms with E-state index in [2.05, 4.69) is 9.88 Å². The Morgan fingerprint density at radius 1 is 1.39 bits per heavy atom. The highest BCUT2D eigenvalue weighted by molar-refractivity contribution is 5.88. The highest BCUT2D eigenvalue weighted by atomic mass is 19.1. The molecule has 3 rings (SSSR count). The third-order valence-corrected chi connectivity index (χ3v) is 4.36. The van der Waals surface area contributed by atoms with E-state index in [0.29, 0.717) is 17.3 Å². The molecule has 1 saturated heterocycles. The molecular weight excluding hydrogens is 295 g/mol. The van der Waals surface area contributed by atoms with Crippen LogP contribution in [0.5, 0.6) is 0 Å². The monoisotopic (exact) mass is 314 g/mol. The standard InChI is InChI=1S/C18H19FN2O2/c1-12-2-3-13(9-16(12)19)8-14-5-7-21(11-14)17-10-15(18(22)23)4-6-20-17/h2-4,6,9-10,14H,5,7-8,11H2,1H3,(H,22,23). The molecular formula is C18H19FN2O2. The second kappa shape index (κ2) is 6.36.